The number of para-hydroxylation sites is 1. The minimum Gasteiger partial charge on any atom is -0.389 e. The molecule has 1 fully saturated rings. The number of anilines is 2. The van der Waals surface area contributed by atoms with Crippen LogP contribution in [0, 0.1) is 12.7 Å². The number of imidazole rings is 1. The SMILES string of the molecule is Cc1nc2cccc(F)c2nc1-c1cn2nc(N3CC[C@@H](F)C3)cc(NCC(C)(C)O)c2n1.Cl. The van der Waals surface area contributed by atoms with Crippen LogP contribution in [0.1, 0.15) is 26.0 Å². The van der Waals surface area contributed by atoms with E-state index in [4.69, 9.17) is 4.98 Å². The lowest BCUT2D eigenvalue weighted by molar-refractivity contribution is 0.0945. The molecule has 2 N–H and O–H groups in total. The summed E-state index contributed by atoms with van der Waals surface area (Å²) in [5.74, 6) is 0.157. The Kier molecular flexibility index (Phi) is 6.30. The van der Waals surface area contributed by atoms with E-state index in [-0.39, 0.29) is 31.0 Å². The van der Waals surface area contributed by atoms with Gasteiger partial charge in [0.2, 0.25) is 0 Å². The van der Waals surface area contributed by atoms with Gasteiger partial charge in [0, 0.05) is 19.2 Å². The first-order valence-corrected chi connectivity index (χ1v) is 10.9. The number of nitrogens with zero attached hydrogens (tertiary/aromatic N) is 6. The van der Waals surface area contributed by atoms with Crippen molar-refractivity contribution in [2.45, 2.75) is 39.0 Å². The molecular formula is C23H26ClF2N7O. The average molecular weight is 490 g/mol. The van der Waals surface area contributed by atoms with Gasteiger partial charge in [0.25, 0.3) is 0 Å². The maximum Gasteiger partial charge on any atom is 0.177 e. The van der Waals surface area contributed by atoms with E-state index in [0.29, 0.717) is 52.7 Å². The van der Waals surface area contributed by atoms with Gasteiger partial charge in [-0.1, -0.05) is 6.07 Å². The maximum atomic E-state index is 14.3. The Morgan fingerprint density at radius 1 is 1.24 bits per heavy atom. The quantitative estimate of drug-likeness (QED) is 0.438. The molecule has 1 saturated heterocycles. The summed E-state index contributed by atoms with van der Waals surface area (Å²) < 4.78 is 29.8. The molecule has 1 atom stereocenters. The average Bonchev–Trinajstić information content (AvgIpc) is 3.37. The van der Waals surface area contributed by atoms with E-state index >= 15 is 0 Å². The molecule has 34 heavy (non-hydrogen) atoms. The summed E-state index contributed by atoms with van der Waals surface area (Å²) in [6.45, 7) is 6.33. The van der Waals surface area contributed by atoms with Crippen LogP contribution in [0.2, 0.25) is 0 Å². The van der Waals surface area contributed by atoms with Gasteiger partial charge < -0.3 is 15.3 Å². The number of aliphatic hydroxyl groups is 1. The fourth-order valence-corrected chi connectivity index (χ4v) is 3.97. The second kappa shape index (κ2) is 8.92. The highest BCUT2D eigenvalue weighted by Gasteiger charge is 2.25. The van der Waals surface area contributed by atoms with Gasteiger partial charge in [-0.2, -0.15) is 0 Å². The van der Waals surface area contributed by atoms with Crippen LogP contribution in [0.5, 0.6) is 0 Å². The third kappa shape index (κ3) is 4.60. The third-order valence-corrected chi connectivity index (χ3v) is 5.64. The van der Waals surface area contributed by atoms with E-state index in [1.54, 1.807) is 43.6 Å². The molecule has 1 aliphatic rings. The van der Waals surface area contributed by atoms with E-state index in [2.05, 4.69) is 20.4 Å². The molecule has 180 valence electrons. The predicted molar refractivity (Wildman–Crippen MR) is 130 cm³/mol. The van der Waals surface area contributed by atoms with E-state index in [1.807, 2.05) is 11.0 Å². The molecule has 0 amide bonds. The first kappa shape index (κ1) is 24.0. The van der Waals surface area contributed by atoms with Crippen molar-refractivity contribution in [1.29, 1.82) is 0 Å². The van der Waals surface area contributed by atoms with Crippen molar-refractivity contribution in [2.75, 3.05) is 29.9 Å². The van der Waals surface area contributed by atoms with Crippen molar-refractivity contribution in [2.24, 2.45) is 0 Å². The van der Waals surface area contributed by atoms with Gasteiger partial charge in [-0.25, -0.2) is 28.2 Å². The molecule has 1 aromatic carbocycles. The molecule has 0 unspecified atom stereocenters. The molecule has 0 aliphatic carbocycles. The summed E-state index contributed by atoms with van der Waals surface area (Å²) in [6, 6.07) is 6.48. The summed E-state index contributed by atoms with van der Waals surface area (Å²) in [7, 11) is 0. The van der Waals surface area contributed by atoms with Crippen molar-refractivity contribution >= 4 is 40.6 Å². The van der Waals surface area contributed by atoms with Gasteiger partial charge in [0.1, 0.15) is 23.1 Å². The fourth-order valence-electron chi connectivity index (χ4n) is 3.97. The van der Waals surface area contributed by atoms with Crippen molar-refractivity contribution < 1.29 is 13.9 Å². The van der Waals surface area contributed by atoms with Gasteiger partial charge in [-0.3, -0.25) is 0 Å². The highest BCUT2D eigenvalue weighted by atomic mass is 35.5. The van der Waals surface area contributed by atoms with Crippen LogP contribution in [0.25, 0.3) is 28.1 Å². The Labute approximate surface area is 201 Å². The van der Waals surface area contributed by atoms with Crippen LogP contribution in [-0.4, -0.2) is 61.1 Å². The van der Waals surface area contributed by atoms with Crippen LogP contribution in [0.4, 0.5) is 20.3 Å². The van der Waals surface area contributed by atoms with Crippen LogP contribution < -0.4 is 10.2 Å². The predicted octanol–water partition coefficient (Wildman–Crippen LogP) is 3.94. The first-order valence-electron chi connectivity index (χ1n) is 10.9. The smallest absolute Gasteiger partial charge is 0.177 e. The summed E-state index contributed by atoms with van der Waals surface area (Å²) >= 11 is 0. The van der Waals surface area contributed by atoms with E-state index in [9.17, 15) is 13.9 Å². The Balaban J connectivity index is 0.00000274. The summed E-state index contributed by atoms with van der Waals surface area (Å²) in [5, 5.41) is 18.1. The number of halogens is 3. The van der Waals surface area contributed by atoms with Crippen molar-refractivity contribution in [3.8, 4) is 11.4 Å². The van der Waals surface area contributed by atoms with Crippen LogP contribution in [0.3, 0.4) is 0 Å². The van der Waals surface area contributed by atoms with Crippen LogP contribution >= 0.6 is 12.4 Å². The minimum absolute atomic E-state index is 0. The zero-order valence-corrected chi connectivity index (χ0v) is 19.9. The van der Waals surface area contributed by atoms with Gasteiger partial charge >= 0.3 is 0 Å². The lowest BCUT2D eigenvalue weighted by atomic mass is 10.1. The number of hydrogen-bond donors (Lipinski definition) is 2. The number of fused-ring (bicyclic) bond motifs is 2. The highest BCUT2D eigenvalue weighted by Crippen LogP contribution is 2.29. The molecule has 0 saturated carbocycles. The Hall–Kier alpha value is -3.11. The van der Waals surface area contributed by atoms with Crippen molar-refractivity contribution in [1.82, 2.24) is 24.6 Å². The molecule has 4 heterocycles. The number of aryl methyl sites for hydroxylation is 1. The molecule has 0 spiro atoms. The van der Waals surface area contributed by atoms with Crippen molar-refractivity contribution in [3.05, 3.63) is 42.0 Å². The second-order valence-corrected chi connectivity index (χ2v) is 9.07. The van der Waals surface area contributed by atoms with E-state index in [0.717, 1.165) is 0 Å². The van der Waals surface area contributed by atoms with Crippen LogP contribution in [-0.2, 0) is 0 Å². The Morgan fingerprint density at radius 3 is 2.74 bits per heavy atom. The normalized spacial score (nSPS) is 16.3. The number of benzene rings is 1. The lowest BCUT2D eigenvalue weighted by Gasteiger charge is -2.21. The van der Waals surface area contributed by atoms with Gasteiger partial charge in [-0.15, -0.1) is 17.5 Å². The molecule has 11 heteroatoms. The van der Waals surface area contributed by atoms with Crippen LogP contribution in [0.15, 0.2) is 30.5 Å². The molecule has 4 aromatic rings. The minimum atomic E-state index is -0.953. The Bertz CT molecular complexity index is 1350. The lowest BCUT2D eigenvalue weighted by Crippen LogP contribution is -2.30. The number of hydrogen-bond acceptors (Lipinski definition) is 7. The fraction of sp³-hybridized carbons (Fsp3) is 0.391. The van der Waals surface area contributed by atoms with E-state index in [1.165, 1.54) is 6.07 Å². The number of nitrogens with one attached hydrogen (secondary N) is 1. The van der Waals surface area contributed by atoms with Crippen molar-refractivity contribution in [3.63, 3.8) is 0 Å². The number of aromatic nitrogens is 5. The highest BCUT2D eigenvalue weighted by molar-refractivity contribution is 5.85. The maximum absolute atomic E-state index is 14.3. The largest absolute Gasteiger partial charge is 0.389 e. The van der Waals surface area contributed by atoms with Gasteiger partial charge in [-0.05, 0) is 39.3 Å². The second-order valence-electron chi connectivity index (χ2n) is 9.07. The molecular weight excluding hydrogens is 464 g/mol. The molecule has 3 aromatic heterocycles. The molecule has 5 rings (SSSR count). The Morgan fingerprint density at radius 2 is 2.03 bits per heavy atom. The molecule has 1 aliphatic heterocycles. The zero-order chi connectivity index (χ0) is 23.3. The topological polar surface area (TPSA) is 91.5 Å². The molecule has 0 bridgehead atoms. The monoisotopic (exact) mass is 489 g/mol. The summed E-state index contributed by atoms with van der Waals surface area (Å²) in [6.07, 6.45) is 1.28. The summed E-state index contributed by atoms with van der Waals surface area (Å²) in [5.41, 5.74) is 2.42. The van der Waals surface area contributed by atoms with E-state index < -0.39 is 17.6 Å². The van der Waals surface area contributed by atoms with Gasteiger partial charge in [0.05, 0.1) is 35.2 Å². The summed E-state index contributed by atoms with van der Waals surface area (Å²) in [4.78, 5) is 15.6. The number of alkyl halides is 1. The zero-order valence-electron chi connectivity index (χ0n) is 19.1. The number of rotatable bonds is 5. The van der Waals surface area contributed by atoms with Gasteiger partial charge in [0.15, 0.2) is 17.3 Å². The first-order chi connectivity index (χ1) is 15.7. The standard InChI is InChI=1S/C23H25F2N7O.ClH/c1-13-20(29-21-15(25)5-4-6-16(21)27-13)18-11-32-22(28-18)17(26-12-23(2,3)33)9-19(30-32)31-8-7-14(24)10-31;/h4-6,9,11,14,26,33H,7-8,10,12H2,1-3H3;1H/t14-;/m1./s1. The third-order valence-electron chi connectivity index (χ3n) is 5.64. The molecule has 8 nitrogen and oxygen atoms in total. The molecule has 0 radical (unpaired) electrons.